The number of nitrogen functional groups attached to an aromatic ring is 1. The highest BCUT2D eigenvalue weighted by Crippen LogP contribution is 2.14. The van der Waals surface area contributed by atoms with Crippen molar-refractivity contribution in [1.29, 1.82) is 0 Å². The van der Waals surface area contributed by atoms with Crippen molar-refractivity contribution >= 4 is 16.5 Å². The molecule has 0 aliphatic carbocycles. The van der Waals surface area contributed by atoms with Gasteiger partial charge in [-0.3, -0.25) is 10.1 Å². The van der Waals surface area contributed by atoms with Gasteiger partial charge >= 0.3 is 0 Å². The van der Waals surface area contributed by atoms with E-state index in [9.17, 15) is 0 Å². The molecule has 2 aromatic heterocycles. The summed E-state index contributed by atoms with van der Waals surface area (Å²) in [6.07, 6.45) is 3.76. The first-order valence-corrected chi connectivity index (χ1v) is 4.87. The number of hydrogen-bond donors (Lipinski definition) is 2. The summed E-state index contributed by atoms with van der Waals surface area (Å²) < 4.78 is 1.82. The van der Waals surface area contributed by atoms with Crippen molar-refractivity contribution in [3.8, 4) is 0 Å². The van der Waals surface area contributed by atoms with Crippen molar-refractivity contribution in [2.24, 2.45) is 5.84 Å². The minimum absolute atomic E-state index is 0.615. The predicted molar refractivity (Wildman–Crippen MR) is 53.8 cm³/mol. The third kappa shape index (κ3) is 1.88. The van der Waals surface area contributed by atoms with Crippen molar-refractivity contribution in [3.63, 3.8) is 0 Å². The highest BCUT2D eigenvalue weighted by molar-refractivity contribution is 7.15. The van der Waals surface area contributed by atoms with Crippen LogP contribution in [0.3, 0.4) is 0 Å². The average Bonchev–Trinajstić information content (AvgIpc) is 2.76. The SMILES string of the molecule is Cc1cnn(Cc2nnc(NN)s2)c1. The van der Waals surface area contributed by atoms with Gasteiger partial charge in [0.15, 0.2) is 0 Å². The molecule has 14 heavy (non-hydrogen) atoms. The average molecular weight is 210 g/mol. The van der Waals surface area contributed by atoms with Gasteiger partial charge in [-0.05, 0) is 12.5 Å². The van der Waals surface area contributed by atoms with Crippen LogP contribution in [0.4, 0.5) is 5.13 Å². The lowest BCUT2D eigenvalue weighted by atomic mass is 10.4. The van der Waals surface area contributed by atoms with Gasteiger partial charge in [0, 0.05) is 6.20 Å². The minimum atomic E-state index is 0.615. The van der Waals surface area contributed by atoms with Crippen molar-refractivity contribution in [3.05, 3.63) is 23.0 Å². The molecule has 2 heterocycles. The summed E-state index contributed by atoms with van der Waals surface area (Å²) in [4.78, 5) is 0. The van der Waals surface area contributed by atoms with Gasteiger partial charge in [0.2, 0.25) is 5.13 Å². The van der Waals surface area contributed by atoms with Gasteiger partial charge in [-0.1, -0.05) is 11.3 Å². The van der Waals surface area contributed by atoms with E-state index in [-0.39, 0.29) is 0 Å². The highest BCUT2D eigenvalue weighted by Gasteiger charge is 2.03. The number of nitrogens with zero attached hydrogens (tertiary/aromatic N) is 4. The molecular formula is C7H10N6S. The van der Waals surface area contributed by atoms with E-state index in [2.05, 4.69) is 20.7 Å². The molecule has 7 heteroatoms. The first kappa shape index (κ1) is 9.10. The summed E-state index contributed by atoms with van der Waals surface area (Å²) in [6.45, 7) is 2.63. The zero-order valence-electron chi connectivity index (χ0n) is 7.64. The maximum absolute atomic E-state index is 5.20. The van der Waals surface area contributed by atoms with E-state index in [1.54, 1.807) is 0 Å². The topological polar surface area (TPSA) is 81.7 Å². The van der Waals surface area contributed by atoms with Gasteiger partial charge in [-0.15, -0.1) is 10.2 Å². The van der Waals surface area contributed by atoms with E-state index in [0.717, 1.165) is 10.6 Å². The van der Waals surface area contributed by atoms with E-state index in [0.29, 0.717) is 11.7 Å². The Morgan fingerprint density at radius 3 is 3.00 bits per heavy atom. The van der Waals surface area contributed by atoms with Crippen LogP contribution in [0.25, 0.3) is 0 Å². The molecule has 0 aromatic carbocycles. The second kappa shape index (κ2) is 3.72. The predicted octanol–water partition coefficient (Wildman–Crippen LogP) is 0.377. The van der Waals surface area contributed by atoms with E-state index in [4.69, 9.17) is 5.84 Å². The molecule has 0 saturated heterocycles. The van der Waals surface area contributed by atoms with Gasteiger partial charge in [0.25, 0.3) is 0 Å². The molecule has 0 fully saturated rings. The van der Waals surface area contributed by atoms with E-state index in [1.807, 2.05) is 24.0 Å². The van der Waals surface area contributed by atoms with Crippen LogP contribution in [0.2, 0.25) is 0 Å². The van der Waals surface area contributed by atoms with E-state index in [1.165, 1.54) is 11.3 Å². The Labute approximate surface area is 84.7 Å². The van der Waals surface area contributed by atoms with Crippen LogP contribution in [0.15, 0.2) is 12.4 Å². The molecule has 2 rings (SSSR count). The number of nitrogens with one attached hydrogen (secondary N) is 1. The molecule has 2 aromatic rings. The van der Waals surface area contributed by atoms with Crippen molar-refractivity contribution in [2.75, 3.05) is 5.43 Å². The van der Waals surface area contributed by atoms with E-state index < -0.39 is 0 Å². The third-order valence-corrected chi connectivity index (χ3v) is 2.49. The van der Waals surface area contributed by atoms with Crippen molar-refractivity contribution < 1.29 is 0 Å². The molecule has 6 nitrogen and oxygen atoms in total. The van der Waals surface area contributed by atoms with Crippen molar-refractivity contribution in [2.45, 2.75) is 13.5 Å². The lowest BCUT2D eigenvalue weighted by Crippen LogP contribution is -2.05. The smallest absolute Gasteiger partial charge is 0.219 e. The van der Waals surface area contributed by atoms with Crippen LogP contribution in [0.5, 0.6) is 0 Å². The molecule has 0 bridgehead atoms. The molecular weight excluding hydrogens is 200 g/mol. The molecule has 3 N–H and O–H groups in total. The number of hydrazine groups is 1. The first-order valence-electron chi connectivity index (χ1n) is 4.06. The Bertz CT molecular complexity index is 419. The summed E-state index contributed by atoms with van der Waals surface area (Å²) in [5.74, 6) is 5.20. The second-order valence-electron chi connectivity index (χ2n) is 2.86. The summed E-state index contributed by atoms with van der Waals surface area (Å²) in [5, 5.41) is 13.4. The Balaban J connectivity index is 2.10. The highest BCUT2D eigenvalue weighted by atomic mass is 32.1. The monoisotopic (exact) mass is 210 g/mol. The molecule has 0 unspecified atom stereocenters. The van der Waals surface area contributed by atoms with Crippen molar-refractivity contribution in [1.82, 2.24) is 20.0 Å². The fourth-order valence-electron chi connectivity index (χ4n) is 1.07. The summed E-state index contributed by atoms with van der Waals surface area (Å²) in [6, 6.07) is 0. The van der Waals surface area contributed by atoms with Crippen LogP contribution < -0.4 is 11.3 Å². The van der Waals surface area contributed by atoms with Crippen LogP contribution in [0.1, 0.15) is 10.6 Å². The Morgan fingerprint density at radius 2 is 2.43 bits per heavy atom. The zero-order chi connectivity index (χ0) is 9.97. The summed E-state index contributed by atoms with van der Waals surface area (Å²) in [5.41, 5.74) is 3.58. The van der Waals surface area contributed by atoms with Crippen LogP contribution in [0, 0.1) is 6.92 Å². The zero-order valence-corrected chi connectivity index (χ0v) is 8.45. The normalized spacial score (nSPS) is 10.4. The number of anilines is 1. The van der Waals surface area contributed by atoms with Gasteiger partial charge in [0.1, 0.15) is 5.01 Å². The Morgan fingerprint density at radius 1 is 1.57 bits per heavy atom. The maximum Gasteiger partial charge on any atom is 0.219 e. The van der Waals surface area contributed by atoms with Gasteiger partial charge < -0.3 is 0 Å². The third-order valence-electron chi connectivity index (χ3n) is 1.65. The molecule has 0 spiro atoms. The Kier molecular flexibility index (Phi) is 2.42. The lowest BCUT2D eigenvalue weighted by Gasteiger charge is -1.94. The molecule has 0 saturated carbocycles. The minimum Gasteiger partial charge on any atom is -0.298 e. The lowest BCUT2D eigenvalue weighted by molar-refractivity contribution is 0.677. The molecule has 74 valence electrons. The second-order valence-corrected chi connectivity index (χ2v) is 3.92. The number of hydrogen-bond acceptors (Lipinski definition) is 6. The first-order chi connectivity index (χ1) is 6.78. The summed E-state index contributed by atoms with van der Waals surface area (Å²) in [7, 11) is 0. The largest absolute Gasteiger partial charge is 0.298 e. The number of aryl methyl sites for hydroxylation is 1. The van der Waals surface area contributed by atoms with Crippen LogP contribution >= 0.6 is 11.3 Å². The molecule has 0 aliphatic heterocycles. The molecule has 0 atom stereocenters. The number of rotatable bonds is 3. The molecule has 0 aliphatic rings. The molecule has 0 radical (unpaired) electrons. The molecule has 0 amide bonds. The Hall–Kier alpha value is -1.47. The van der Waals surface area contributed by atoms with Gasteiger partial charge in [-0.2, -0.15) is 5.10 Å². The maximum atomic E-state index is 5.20. The van der Waals surface area contributed by atoms with E-state index >= 15 is 0 Å². The van der Waals surface area contributed by atoms with Gasteiger partial charge in [0.05, 0.1) is 12.7 Å². The van der Waals surface area contributed by atoms with Crippen LogP contribution in [-0.2, 0) is 6.54 Å². The fourth-order valence-corrected chi connectivity index (χ4v) is 1.71. The van der Waals surface area contributed by atoms with Crippen LogP contribution in [-0.4, -0.2) is 20.0 Å². The number of aromatic nitrogens is 4. The fraction of sp³-hybridized carbons (Fsp3) is 0.286. The quantitative estimate of drug-likeness (QED) is 0.565. The summed E-state index contributed by atoms with van der Waals surface area (Å²) >= 11 is 1.42. The van der Waals surface area contributed by atoms with Gasteiger partial charge in [-0.25, -0.2) is 5.84 Å². The standard InChI is InChI=1S/C7H10N6S/c1-5-2-9-13(3-5)4-6-11-12-7(10-8)14-6/h2-3H,4,8H2,1H3,(H,10,12). The number of nitrogens with two attached hydrogens (primary N) is 1.